The molecule has 0 atom stereocenters. The first-order valence-electron chi connectivity index (χ1n) is 11.5. The second kappa shape index (κ2) is 8.20. The van der Waals surface area contributed by atoms with Crippen LogP contribution in [0.5, 0.6) is 0 Å². The van der Waals surface area contributed by atoms with Gasteiger partial charge in [0.05, 0.1) is 29.3 Å². The van der Waals surface area contributed by atoms with Gasteiger partial charge in [0.1, 0.15) is 5.82 Å². The van der Waals surface area contributed by atoms with Crippen LogP contribution in [0.2, 0.25) is 0 Å². The lowest BCUT2D eigenvalue weighted by Gasteiger charge is -2.31. The summed E-state index contributed by atoms with van der Waals surface area (Å²) in [5.41, 5.74) is 5.01. The van der Waals surface area contributed by atoms with E-state index >= 15 is 0 Å². The Bertz CT molecular complexity index is 1300. The van der Waals surface area contributed by atoms with Crippen molar-refractivity contribution in [1.29, 1.82) is 0 Å². The van der Waals surface area contributed by atoms with E-state index in [2.05, 4.69) is 41.3 Å². The summed E-state index contributed by atoms with van der Waals surface area (Å²) in [5, 5.41) is 11.0. The highest BCUT2D eigenvalue weighted by molar-refractivity contribution is 6.11. The number of amides is 1. The summed E-state index contributed by atoms with van der Waals surface area (Å²) in [6, 6.07) is 12.0. The molecule has 2 N–H and O–H groups in total. The number of pyridine rings is 2. The molecule has 1 aromatic carbocycles. The maximum atomic E-state index is 13.0. The van der Waals surface area contributed by atoms with Crippen molar-refractivity contribution in [3.63, 3.8) is 0 Å². The Morgan fingerprint density at radius 1 is 0.879 bits per heavy atom. The first-order valence-corrected chi connectivity index (χ1v) is 11.5. The molecule has 0 radical (unpaired) electrons. The lowest BCUT2D eigenvalue weighted by Crippen LogP contribution is -2.37. The topological polar surface area (TPSA) is 90.0 Å². The standard InChI is InChI=1S/C25H25N7O/c33-25(28-19-5-7-23(27-15-19)32-10-3-11-32)24-21-13-17(4-6-22(21)29-30-24)18-12-20(16-26-14-18)31-8-1-2-9-31/h4-7,12-16H,1-3,8-11H2,(H,28,33)(H,29,30). The molecule has 8 nitrogen and oxygen atoms in total. The zero-order valence-corrected chi connectivity index (χ0v) is 18.3. The number of hydrogen-bond acceptors (Lipinski definition) is 6. The molecule has 8 heteroatoms. The number of nitrogens with zero attached hydrogens (tertiary/aromatic N) is 5. The number of aromatic amines is 1. The highest BCUT2D eigenvalue weighted by Crippen LogP contribution is 2.29. The van der Waals surface area contributed by atoms with Gasteiger partial charge < -0.3 is 15.1 Å². The minimum Gasteiger partial charge on any atom is -0.370 e. The molecule has 5 heterocycles. The zero-order chi connectivity index (χ0) is 22.2. The number of aromatic nitrogens is 4. The normalized spacial score (nSPS) is 15.6. The number of nitrogens with one attached hydrogen (secondary N) is 2. The molecule has 3 aromatic heterocycles. The Morgan fingerprint density at radius 2 is 1.73 bits per heavy atom. The van der Waals surface area contributed by atoms with Crippen LogP contribution in [-0.4, -0.2) is 52.3 Å². The van der Waals surface area contributed by atoms with Gasteiger partial charge in [0.2, 0.25) is 0 Å². The summed E-state index contributed by atoms with van der Waals surface area (Å²) in [5.74, 6) is 0.680. The fraction of sp³-hybridized carbons (Fsp3) is 0.280. The SMILES string of the molecule is O=C(Nc1ccc(N2CCC2)nc1)c1n[nH]c2ccc(-c3cncc(N4CCCC4)c3)cc12. The fourth-order valence-corrected chi connectivity index (χ4v) is 4.48. The van der Waals surface area contributed by atoms with E-state index in [4.69, 9.17) is 0 Å². The molecule has 6 rings (SSSR count). The van der Waals surface area contributed by atoms with E-state index in [1.807, 2.05) is 42.7 Å². The number of anilines is 3. The van der Waals surface area contributed by atoms with Crippen LogP contribution in [0.3, 0.4) is 0 Å². The summed E-state index contributed by atoms with van der Waals surface area (Å²) >= 11 is 0. The van der Waals surface area contributed by atoms with E-state index in [1.165, 1.54) is 19.3 Å². The molecule has 0 aliphatic carbocycles. The molecule has 33 heavy (non-hydrogen) atoms. The maximum Gasteiger partial charge on any atom is 0.276 e. The third-order valence-corrected chi connectivity index (χ3v) is 6.49. The predicted octanol–water partition coefficient (Wildman–Crippen LogP) is 4.08. The number of hydrogen-bond donors (Lipinski definition) is 2. The number of H-pyrrole nitrogens is 1. The molecule has 0 saturated carbocycles. The van der Waals surface area contributed by atoms with Gasteiger partial charge in [0.15, 0.2) is 5.69 Å². The molecule has 2 saturated heterocycles. The van der Waals surface area contributed by atoms with Crippen molar-refractivity contribution >= 4 is 34.0 Å². The van der Waals surface area contributed by atoms with Crippen LogP contribution in [-0.2, 0) is 0 Å². The summed E-state index contributed by atoms with van der Waals surface area (Å²) in [4.78, 5) is 26.5. The predicted molar refractivity (Wildman–Crippen MR) is 130 cm³/mol. The number of rotatable bonds is 5. The molecular formula is C25H25N7O. The fourth-order valence-electron chi connectivity index (χ4n) is 4.48. The van der Waals surface area contributed by atoms with Crippen LogP contribution in [0.4, 0.5) is 17.2 Å². The van der Waals surface area contributed by atoms with Crippen LogP contribution in [0.1, 0.15) is 29.8 Å². The number of fused-ring (bicyclic) bond motifs is 1. The van der Waals surface area contributed by atoms with E-state index in [9.17, 15) is 4.79 Å². The van der Waals surface area contributed by atoms with Gasteiger partial charge in [-0.05, 0) is 55.2 Å². The van der Waals surface area contributed by atoms with Crippen molar-refractivity contribution in [3.05, 3.63) is 60.7 Å². The minimum absolute atomic E-state index is 0.263. The molecule has 4 aromatic rings. The lowest BCUT2D eigenvalue weighted by molar-refractivity contribution is 0.102. The van der Waals surface area contributed by atoms with Gasteiger partial charge in [-0.25, -0.2) is 4.98 Å². The van der Waals surface area contributed by atoms with Crippen LogP contribution >= 0.6 is 0 Å². The van der Waals surface area contributed by atoms with Crippen molar-refractivity contribution in [3.8, 4) is 11.1 Å². The molecule has 2 aliphatic heterocycles. The maximum absolute atomic E-state index is 13.0. The Hall–Kier alpha value is -3.94. The highest BCUT2D eigenvalue weighted by Gasteiger charge is 2.18. The molecule has 0 spiro atoms. The Kier molecular flexibility index (Phi) is 4.90. The Labute approximate surface area is 191 Å². The largest absolute Gasteiger partial charge is 0.370 e. The van der Waals surface area contributed by atoms with Crippen molar-refractivity contribution in [2.45, 2.75) is 19.3 Å². The molecule has 0 unspecified atom stereocenters. The van der Waals surface area contributed by atoms with Gasteiger partial charge in [0, 0.05) is 43.3 Å². The second-order valence-corrected chi connectivity index (χ2v) is 8.66. The van der Waals surface area contributed by atoms with Gasteiger partial charge in [0.25, 0.3) is 5.91 Å². The van der Waals surface area contributed by atoms with E-state index in [1.54, 1.807) is 6.20 Å². The number of benzene rings is 1. The van der Waals surface area contributed by atoms with Crippen molar-refractivity contribution in [2.24, 2.45) is 0 Å². The van der Waals surface area contributed by atoms with Crippen LogP contribution in [0.15, 0.2) is 55.0 Å². The smallest absolute Gasteiger partial charge is 0.276 e. The number of carbonyl (C=O) groups is 1. The lowest BCUT2D eigenvalue weighted by atomic mass is 10.0. The van der Waals surface area contributed by atoms with Crippen molar-refractivity contribution in [2.75, 3.05) is 41.3 Å². The van der Waals surface area contributed by atoms with Gasteiger partial charge in [-0.1, -0.05) is 6.07 Å². The van der Waals surface area contributed by atoms with E-state index in [0.29, 0.717) is 11.4 Å². The van der Waals surface area contributed by atoms with E-state index in [0.717, 1.165) is 59.7 Å². The molecule has 2 fully saturated rings. The van der Waals surface area contributed by atoms with Crippen molar-refractivity contribution in [1.82, 2.24) is 20.2 Å². The molecule has 1 amide bonds. The first kappa shape index (κ1) is 19.7. The summed E-state index contributed by atoms with van der Waals surface area (Å²) in [6.45, 7) is 4.22. The summed E-state index contributed by atoms with van der Waals surface area (Å²) in [7, 11) is 0. The minimum atomic E-state index is -0.263. The molecule has 166 valence electrons. The Morgan fingerprint density at radius 3 is 2.48 bits per heavy atom. The average molecular weight is 440 g/mol. The van der Waals surface area contributed by atoms with Crippen LogP contribution in [0, 0.1) is 0 Å². The number of carbonyl (C=O) groups excluding carboxylic acids is 1. The monoisotopic (exact) mass is 439 g/mol. The molecular weight excluding hydrogens is 414 g/mol. The van der Waals surface area contributed by atoms with Crippen LogP contribution < -0.4 is 15.1 Å². The summed E-state index contributed by atoms with van der Waals surface area (Å²) < 4.78 is 0. The van der Waals surface area contributed by atoms with Gasteiger partial charge in [-0.15, -0.1) is 0 Å². The van der Waals surface area contributed by atoms with E-state index in [-0.39, 0.29) is 5.91 Å². The molecule has 2 aliphatic rings. The van der Waals surface area contributed by atoms with Gasteiger partial charge in [-0.3, -0.25) is 14.9 Å². The van der Waals surface area contributed by atoms with Crippen molar-refractivity contribution < 1.29 is 4.79 Å². The summed E-state index contributed by atoms with van der Waals surface area (Å²) in [6.07, 6.45) is 9.13. The Balaban J connectivity index is 1.26. The third-order valence-electron chi connectivity index (χ3n) is 6.49. The quantitative estimate of drug-likeness (QED) is 0.487. The first-order chi connectivity index (χ1) is 16.2. The molecule has 0 bridgehead atoms. The second-order valence-electron chi connectivity index (χ2n) is 8.66. The van der Waals surface area contributed by atoms with E-state index < -0.39 is 0 Å². The third kappa shape index (κ3) is 3.77. The highest BCUT2D eigenvalue weighted by atomic mass is 16.1. The van der Waals surface area contributed by atoms with Gasteiger partial charge in [-0.2, -0.15) is 5.10 Å². The zero-order valence-electron chi connectivity index (χ0n) is 18.3. The van der Waals surface area contributed by atoms with Gasteiger partial charge >= 0.3 is 0 Å². The average Bonchev–Trinajstić information content (AvgIpc) is 3.49. The van der Waals surface area contributed by atoms with Crippen LogP contribution in [0.25, 0.3) is 22.0 Å².